The topological polar surface area (TPSA) is 83.9 Å². The van der Waals surface area contributed by atoms with E-state index in [9.17, 15) is 19.5 Å². The molecular formula is C17H21NO5S. The van der Waals surface area contributed by atoms with E-state index < -0.39 is 11.2 Å². The maximum absolute atomic E-state index is 12.4. The van der Waals surface area contributed by atoms with Crippen molar-refractivity contribution < 1.29 is 24.2 Å². The van der Waals surface area contributed by atoms with Crippen molar-refractivity contribution in [3.63, 3.8) is 0 Å². The van der Waals surface area contributed by atoms with Crippen LogP contribution >= 0.6 is 11.8 Å². The summed E-state index contributed by atoms with van der Waals surface area (Å²) < 4.78 is 5.42. The Bertz CT molecular complexity index is 631. The van der Waals surface area contributed by atoms with Gasteiger partial charge in [0, 0.05) is 24.5 Å². The molecule has 24 heavy (non-hydrogen) atoms. The molecule has 0 saturated carbocycles. The van der Waals surface area contributed by atoms with Crippen molar-refractivity contribution in [2.45, 2.75) is 42.9 Å². The number of benzene rings is 1. The standard InChI is InChI=1S/C17H21NO5S/c1-11(2)23-9-5-8-18-15(19)10-14(16(18)20)24-13-7-4-3-6-12(13)17(21)22/h3-4,6-7,11,14H,5,8-10H2,1-2H3,(H,21,22)/t14-/m1/s1. The molecule has 1 N–H and O–H groups in total. The van der Waals surface area contributed by atoms with Crippen molar-refractivity contribution in [3.8, 4) is 0 Å². The van der Waals surface area contributed by atoms with E-state index in [0.29, 0.717) is 24.5 Å². The van der Waals surface area contributed by atoms with Gasteiger partial charge in [0.1, 0.15) is 0 Å². The highest BCUT2D eigenvalue weighted by Crippen LogP contribution is 2.33. The van der Waals surface area contributed by atoms with Gasteiger partial charge < -0.3 is 9.84 Å². The van der Waals surface area contributed by atoms with Crippen molar-refractivity contribution >= 4 is 29.5 Å². The number of thioether (sulfide) groups is 1. The van der Waals surface area contributed by atoms with Crippen LogP contribution in [0.3, 0.4) is 0 Å². The smallest absolute Gasteiger partial charge is 0.336 e. The lowest BCUT2D eigenvalue weighted by Gasteiger charge is -2.15. The highest BCUT2D eigenvalue weighted by molar-refractivity contribution is 8.00. The average Bonchev–Trinajstić information content (AvgIpc) is 2.78. The quantitative estimate of drug-likeness (QED) is 0.572. The number of carbonyl (C=O) groups is 3. The van der Waals surface area contributed by atoms with Crippen molar-refractivity contribution in [2.24, 2.45) is 0 Å². The van der Waals surface area contributed by atoms with Crippen molar-refractivity contribution in [1.29, 1.82) is 0 Å². The van der Waals surface area contributed by atoms with Crippen LogP contribution in [0.5, 0.6) is 0 Å². The summed E-state index contributed by atoms with van der Waals surface area (Å²) in [6.45, 7) is 4.69. The summed E-state index contributed by atoms with van der Waals surface area (Å²) in [5.41, 5.74) is 0.145. The van der Waals surface area contributed by atoms with Gasteiger partial charge in [0.2, 0.25) is 11.8 Å². The SMILES string of the molecule is CC(C)OCCCN1C(=O)C[C@@H](Sc2ccccc2C(=O)O)C1=O. The summed E-state index contributed by atoms with van der Waals surface area (Å²) in [5.74, 6) is -1.51. The minimum atomic E-state index is -1.04. The molecule has 0 bridgehead atoms. The van der Waals surface area contributed by atoms with E-state index in [1.54, 1.807) is 18.2 Å². The second kappa shape index (κ2) is 8.30. The molecule has 1 heterocycles. The molecule has 2 rings (SSSR count). The summed E-state index contributed by atoms with van der Waals surface area (Å²) in [6, 6.07) is 6.51. The Morgan fingerprint density at radius 1 is 1.38 bits per heavy atom. The number of hydrogen-bond donors (Lipinski definition) is 1. The van der Waals surface area contributed by atoms with E-state index >= 15 is 0 Å². The van der Waals surface area contributed by atoms with Crippen LogP contribution in [0.2, 0.25) is 0 Å². The molecule has 1 aliphatic rings. The van der Waals surface area contributed by atoms with Gasteiger partial charge in [-0.15, -0.1) is 11.8 Å². The number of rotatable bonds is 8. The minimum Gasteiger partial charge on any atom is -0.478 e. The minimum absolute atomic E-state index is 0.0997. The number of carboxylic acids is 1. The Hall–Kier alpha value is -1.86. The normalized spacial score (nSPS) is 17.8. The van der Waals surface area contributed by atoms with E-state index in [1.807, 2.05) is 13.8 Å². The number of amides is 2. The Labute approximate surface area is 145 Å². The Balaban J connectivity index is 1.98. The fourth-order valence-corrected chi connectivity index (χ4v) is 3.62. The van der Waals surface area contributed by atoms with Crippen LogP contribution in [0.25, 0.3) is 0 Å². The molecule has 7 heteroatoms. The third-order valence-electron chi connectivity index (χ3n) is 3.57. The first-order chi connectivity index (χ1) is 11.4. The van der Waals surface area contributed by atoms with Gasteiger partial charge in [-0.2, -0.15) is 0 Å². The van der Waals surface area contributed by atoms with Gasteiger partial charge in [-0.25, -0.2) is 4.79 Å². The fourth-order valence-electron chi connectivity index (χ4n) is 2.42. The lowest BCUT2D eigenvalue weighted by molar-refractivity contribution is -0.138. The van der Waals surface area contributed by atoms with Crippen LogP contribution in [0, 0.1) is 0 Å². The number of carboxylic acid groups (broad SMARTS) is 1. The summed E-state index contributed by atoms with van der Waals surface area (Å²) in [6.07, 6.45) is 0.812. The molecule has 1 atom stereocenters. The number of nitrogens with zero attached hydrogens (tertiary/aromatic N) is 1. The number of hydrogen-bond acceptors (Lipinski definition) is 5. The highest BCUT2D eigenvalue weighted by Gasteiger charge is 2.39. The molecule has 0 aromatic heterocycles. The van der Waals surface area contributed by atoms with Gasteiger partial charge in [0.05, 0.1) is 16.9 Å². The van der Waals surface area contributed by atoms with E-state index in [0.717, 1.165) is 11.8 Å². The molecule has 6 nitrogen and oxygen atoms in total. The molecule has 0 spiro atoms. The Morgan fingerprint density at radius 3 is 2.75 bits per heavy atom. The second-order valence-electron chi connectivity index (χ2n) is 5.77. The van der Waals surface area contributed by atoms with E-state index in [2.05, 4.69) is 0 Å². The lowest BCUT2D eigenvalue weighted by Crippen LogP contribution is -2.33. The predicted molar refractivity (Wildman–Crippen MR) is 90.1 cm³/mol. The second-order valence-corrected chi connectivity index (χ2v) is 7.01. The van der Waals surface area contributed by atoms with E-state index in [-0.39, 0.29) is 29.9 Å². The van der Waals surface area contributed by atoms with Crippen LogP contribution < -0.4 is 0 Å². The maximum atomic E-state index is 12.4. The summed E-state index contributed by atoms with van der Waals surface area (Å²) in [7, 11) is 0. The summed E-state index contributed by atoms with van der Waals surface area (Å²) >= 11 is 1.14. The van der Waals surface area contributed by atoms with Gasteiger partial charge in [0.25, 0.3) is 0 Å². The van der Waals surface area contributed by atoms with Gasteiger partial charge >= 0.3 is 5.97 Å². The monoisotopic (exact) mass is 351 g/mol. The fraction of sp³-hybridized carbons (Fsp3) is 0.471. The Morgan fingerprint density at radius 2 is 2.08 bits per heavy atom. The number of carbonyl (C=O) groups excluding carboxylic acids is 2. The number of ether oxygens (including phenoxy) is 1. The van der Waals surface area contributed by atoms with E-state index in [4.69, 9.17) is 4.74 Å². The Kier molecular flexibility index (Phi) is 6.39. The lowest BCUT2D eigenvalue weighted by atomic mass is 10.2. The molecule has 0 aliphatic carbocycles. The summed E-state index contributed by atoms with van der Waals surface area (Å²) in [4.78, 5) is 37.5. The van der Waals surface area contributed by atoms with Crippen LogP contribution in [-0.4, -0.2) is 52.3 Å². The first-order valence-electron chi connectivity index (χ1n) is 7.85. The number of imide groups is 1. The first-order valence-corrected chi connectivity index (χ1v) is 8.73. The highest BCUT2D eigenvalue weighted by atomic mass is 32.2. The molecule has 1 saturated heterocycles. The number of aromatic carboxylic acids is 1. The van der Waals surface area contributed by atoms with Crippen LogP contribution in [0.15, 0.2) is 29.2 Å². The van der Waals surface area contributed by atoms with Crippen molar-refractivity contribution in [1.82, 2.24) is 4.90 Å². The zero-order valence-electron chi connectivity index (χ0n) is 13.7. The zero-order chi connectivity index (χ0) is 17.7. The van der Waals surface area contributed by atoms with E-state index in [1.165, 1.54) is 11.0 Å². The third-order valence-corrected chi connectivity index (χ3v) is 4.83. The zero-order valence-corrected chi connectivity index (χ0v) is 14.5. The molecule has 1 aliphatic heterocycles. The molecular weight excluding hydrogens is 330 g/mol. The van der Waals surface area contributed by atoms with Crippen LogP contribution in [0.1, 0.15) is 37.0 Å². The van der Waals surface area contributed by atoms with Gasteiger partial charge in [-0.1, -0.05) is 12.1 Å². The predicted octanol–water partition coefficient (Wildman–Crippen LogP) is 2.42. The van der Waals surface area contributed by atoms with Crippen LogP contribution in [0.4, 0.5) is 0 Å². The molecule has 130 valence electrons. The van der Waals surface area contributed by atoms with Crippen molar-refractivity contribution in [2.75, 3.05) is 13.2 Å². The average molecular weight is 351 g/mol. The van der Waals surface area contributed by atoms with Gasteiger partial charge in [-0.05, 0) is 32.4 Å². The first kappa shape index (κ1) is 18.5. The molecule has 1 aromatic carbocycles. The molecule has 1 fully saturated rings. The van der Waals surface area contributed by atoms with Crippen LogP contribution in [-0.2, 0) is 14.3 Å². The molecule has 1 aromatic rings. The number of likely N-dealkylation sites (tertiary alicyclic amines) is 1. The largest absolute Gasteiger partial charge is 0.478 e. The van der Waals surface area contributed by atoms with Crippen molar-refractivity contribution in [3.05, 3.63) is 29.8 Å². The molecule has 2 amide bonds. The molecule has 0 unspecified atom stereocenters. The molecule has 0 radical (unpaired) electrons. The van der Waals surface area contributed by atoms with Gasteiger partial charge in [-0.3, -0.25) is 14.5 Å². The summed E-state index contributed by atoms with van der Waals surface area (Å²) in [5, 5.41) is 8.64. The maximum Gasteiger partial charge on any atom is 0.336 e. The third kappa shape index (κ3) is 4.58. The van der Waals surface area contributed by atoms with Gasteiger partial charge in [0.15, 0.2) is 0 Å².